The lowest BCUT2D eigenvalue weighted by Gasteiger charge is -2.25. The molecule has 1 rings (SSSR count). The second kappa shape index (κ2) is 5.86. The fourth-order valence-electron chi connectivity index (χ4n) is 1.59. The van der Waals surface area contributed by atoms with Crippen LogP contribution in [0.2, 0.25) is 0 Å². The van der Waals surface area contributed by atoms with Crippen molar-refractivity contribution in [3.05, 3.63) is 0 Å². The molecule has 1 aliphatic rings. The summed E-state index contributed by atoms with van der Waals surface area (Å²) in [4.78, 5) is 0. The van der Waals surface area contributed by atoms with Gasteiger partial charge in [0.1, 0.15) is 0 Å². The maximum atomic E-state index is 11.1. The minimum absolute atomic E-state index is 0.524. The summed E-state index contributed by atoms with van der Waals surface area (Å²) in [5.41, 5.74) is 0. The fourth-order valence-corrected chi connectivity index (χ4v) is 2.89. The molecule has 0 amide bonds. The maximum Gasteiger partial charge on any atom is 0.0249 e. The molecule has 1 fully saturated rings. The van der Waals surface area contributed by atoms with E-state index in [9.17, 15) is 4.21 Å². The zero-order valence-electron chi connectivity index (χ0n) is 9.58. The smallest absolute Gasteiger partial charge is 0.0249 e. The van der Waals surface area contributed by atoms with Gasteiger partial charge in [-0.15, -0.1) is 0 Å². The summed E-state index contributed by atoms with van der Waals surface area (Å²) in [6, 6.07) is 0.619. The topological polar surface area (TPSA) is 29.1 Å². The molecule has 3 heteroatoms. The van der Waals surface area contributed by atoms with Gasteiger partial charge in [0.05, 0.1) is 0 Å². The second-order valence-corrected chi connectivity index (χ2v) is 6.45. The van der Waals surface area contributed by atoms with Crippen molar-refractivity contribution >= 4 is 10.8 Å². The third-order valence-electron chi connectivity index (χ3n) is 3.25. The van der Waals surface area contributed by atoms with E-state index in [4.69, 9.17) is 0 Å². The van der Waals surface area contributed by atoms with E-state index in [0.717, 1.165) is 42.7 Å². The molecule has 14 heavy (non-hydrogen) atoms. The molecule has 0 aromatic heterocycles. The largest absolute Gasteiger partial charge is 0.314 e. The van der Waals surface area contributed by atoms with Gasteiger partial charge in [0, 0.05) is 28.3 Å². The molecule has 0 aromatic carbocycles. The number of nitrogens with one attached hydrogen (secondary N) is 1. The van der Waals surface area contributed by atoms with Crippen LogP contribution < -0.4 is 5.32 Å². The lowest BCUT2D eigenvalue weighted by atomic mass is 9.97. The highest BCUT2D eigenvalue weighted by atomic mass is 32.2. The first kappa shape index (κ1) is 12.2. The van der Waals surface area contributed by atoms with E-state index in [1.54, 1.807) is 0 Å². The van der Waals surface area contributed by atoms with Crippen molar-refractivity contribution in [2.75, 3.05) is 18.1 Å². The summed E-state index contributed by atoms with van der Waals surface area (Å²) < 4.78 is 11.1. The Bertz CT molecular complexity index is 184. The third-order valence-corrected chi connectivity index (χ3v) is 4.64. The Morgan fingerprint density at radius 2 is 1.86 bits per heavy atom. The summed E-state index contributed by atoms with van der Waals surface area (Å²) in [5.74, 6) is 3.28. The van der Waals surface area contributed by atoms with Crippen LogP contribution in [0, 0.1) is 11.8 Å². The van der Waals surface area contributed by atoms with Gasteiger partial charge in [-0.05, 0) is 31.2 Å². The minimum atomic E-state index is -0.524. The summed E-state index contributed by atoms with van der Waals surface area (Å²) >= 11 is 0. The molecule has 1 atom stereocenters. The molecule has 0 aliphatic carbocycles. The van der Waals surface area contributed by atoms with E-state index >= 15 is 0 Å². The van der Waals surface area contributed by atoms with Crippen LogP contribution in [0.25, 0.3) is 0 Å². The van der Waals surface area contributed by atoms with Crippen molar-refractivity contribution in [1.29, 1.82) is 0 Å². The summed E-state index contributed by atoms with van der Waals surface area (Å²) in [7, 11) is -0.524. The first-order valence-corrected chi connectivity index (χ1v) is 7.16. The van der Waals surface area contributed by atoms with Gasteiger partial charge in [-0.25, -0.2) is 0 Å². The van der Waals surface area contributed by atoms with Gasteiger partial charge in [0.15, 0.2) is 0 Å². The SMILES string of the molecule is CC(C)C(C)CNC1CCS(=O)CC1. The van der Waals surface area contributed by atoms with Crippen LogP contribution in [0.4, 0.5) is 0 Å². The molecular formula is C11H23NOS. The molecule has 0 aromatic rings. The fraction of sp³-hybridized carbons (Fsp3) is 1.00. The number of rotatable bonds is 4. The monoisotopic (exact) mass is 217 g/mol. The third kappa shape index (κ3) is 4.09. The molecule has 2 nitrogen and oxygen atoms in total. The quantitative estimate of drug-likeness (QED) is 0.778. The Morgan fingerprint density at radius 1 is 1.29 bits per heavy atom. The summed E-state index contributed by atoms with van der Waals surface area (Å²) in [6.45, 7) is 7.93. The van der Waals surface area contributed by atoms with Crippen LogP contribution in [0.5, 0.6) is 0 Å². The van der Waals surface area contributed by atoms with Gasteiger partial charge in [0.25, 0.3) is 0 Å². The maximum absolute atomic E-state index is 11.1. The lowest BCUT2D eigenvalue weighted by molar-refractivity contribution is 0.358. The highest BCUT2D eigenvalue weighted by molar-refractivity contribution is 7.85. The predicted octanol–water partition coefficient (Wildman–Crippen LogP) is 1.78. The van der Waals surface area contributed by atoms with Crippen LogP contribution in [0.3, 0.4) is 0 Å². The van der Waals surface area contributed by atoms with Crippen LogP contribution in [0.1, 0.15) is 33.6 Å². The molecule has 1 heterocycles. The van der Waals surface area contributed by atoms with Crippen LogP contribution >= 0.6 is 0 Å². The van der Waals surface area contributed by atoms with E-state index in [1.807, 2.05) is 0 Å². The average Bonchev–Trinajstić information content (AvgIpc) is 2.16. The Kier molecular flexibility index (Phi) is 5.10. The van der Waals surface area contributed by atoms with Gasteiger partial charge in [-0.1, -0.05) is 20.8 Å². The molecule has 0 radical (unpaired) electrons. The van der Waals surface area contributed by atoms with Crippen molar-refractivity contribution < 1.29 is 4.21 Å². The second-order valence-electron chi connectivity index (χ2n) is 4.75. The van der Waals surface area contributed by atoms with Gasteiger partial charge in [0.2, 0.25) is 0 Å². The first-order chi connectivity index (χ1) is 6.59. The molecular weight excluding hydrogens is 194 g/mol. The molecule has 1 saturated heterocycles. The normalized spacial score (nSPS) is 30.6. The molecule has 1 unspecified atom stereocenters. The van der Waals surface area contributed by atoms with E-state index in [-0.39, 0.29) is 0 Å². The highest BCUT2D eigenvalue weighted by Gasteiger charge is 2.18. The Balaban J connectivity index is 2.16. The van der Waals surface area contributed by atoms with Crippen LogP contribution in [-0.4, -0.2) is 28.3 Å². The van der Waals surface area contributed by atoms with E-state index in [1.165, 1.54) is 0 Å². The van der Waals surface area contributed by atoms with E-state index < -0.39 is 10.8 Å². The highest BCUT2D eigenvalue weighted by Crippen LogP contribution is 2.12. The number of hydrogen-bond donors (Lipinski definition) is 1. The average molecular weight is 217 g/mol. The zero-order chi connectivity index (χ0) is 10.6. The van der Waals surface area contributed by atoms with Gasteiger partial charge in [-0.3, -0.25) is 4.21 Å². The summed E-state index contributed by atoms with van der Waals surface area (Å²) in [5, 5.41) is 3.59. The van der Waals surface area contributed by atoms with Crippen molar-refractivity contribution in [1.82, 2.24) is 5.32 Å². The molecule has 0 saturated carbocycles. The van der Waals surface area contributed by atoms with Gasteiger partial charge >= 0.3 is 0 Å². The Labute approximate surface area is 90.3 Å². The summed E-state index contributed by atoms with van der Waals surface area (Å²) in [6.07, 6.45) is 2.19. The molecule has 84 valence electrons. The van der Waals surface area contributed by atoms with Crippen LogP contribution in [-0.2, 0) is 10.8 Å². The Hall–Kier alpha value is 0.110. The zero-order valence-corrected chi connectivity index (χ0v) is 10.4. The first-order valence-electron chi connectivity index (χ1n) is 5.68. The van der Waals surface area contributed by atoms with E-state index in [2.05, 4.69) is 26.1 Å². The molecule has 1 N–H and O–H groups in total. The van der Waals surface area contributed by atoms with E-state index in [0.29, 0.717) is 6.04 Å². The molecule has 1 aliphatic heterocycles. The van der Waals surface area contributed by atoms with Crippen molar-refractivity contribution in [3.8, 4) is 0 Å². The standard InChI is InChI=1S/C11H23NOS/c1-9(2)10(3)8-12-11-4-6-14(13)7-5-11/h9-12H,4-8H2,1-3H3. The van der Waals surface area contributed by atoms with Crippen molar-refractivity contribution in [2.45, 2.75) is 39.7 Å². The van der Waals surface area contributed by atoms with Crippen molar-refractivity contribution in [3.63, 3.8) is 0 Å². The van der Waals surface area contributed by atoms with Gasteiger partial charge in [-0.2, -0.15) is 0 Å². The van der Waals surface area contributed by atoms with Crippen molar-refractivity contribution in [2.24, 2.45) is 11.8 Å². The molecule has 0 spiro atoms. The molecule has 0 bridgehead atoms. The van der Waals surface area contributed by atoms with Crippen LogP contribution in [0.15, 0.2) is 0 Å². The van der Waals surface area contributed by atoms with Gasteiger partial charge < -0.3 is 5.32 Å². The lowest BCUT2D eigenvalue weighted by Crippen LogP contribution is -2.38. The predicted molar refractivity (Wildman–Crippen MR) is 62.9 cm³/mol. The Morgan fingerprint density at radius 3 is 2.36 bits per heavy atom. The number of hydrogen-bond acceptors (Lipinski definition) is 2. The minimum Gasteiger partial charge on any atom is -0.314 e.